The van der Waals surface area contributed by atoms with Crippen LogP contribution in [0.25, 0.3) is 0 Å². The van der Waals surface area contributed by atoms with Crippen molar-refractivity contribution in [3.8, 4) is 6.01 Å². The van der Waals surface area contributed by atoms with E-state index in [1.54, 1.807) is 0 Å². The zero-order valence-corrected chi connectivity index (χ0v) is 12.9. The largest absolute Gasteiger partial charge is 0.458 e. The average Bonchev–Trinajstić information content (AvgIpc) is 3.07. The Morgan fingerprint density at radius 1 is 1.38 bits per heavy atom. The number of aryl methyl sites for hydroxylation is 2. The quantitative estimate of drug-likeness (QED) is 0.874. The molecule has 0 aliphatic carbocycles. The summed E-state index contributed by atoms with van der Waals surface area (Å²) in [5.41, 5.74) is 1.78. The molecule has 0 unspecified atom stereocenters. The highest BCUT2D eigenvalue weighted by Gasteiger charge is 2.29. The van der Waals surface area contributed by atoms with E-state index in [1.165, 1.54) is 11.3 Å². The maximum atomic E-state index is 12.3. The second kappa shape index (κ2) is 5.81. The summed E-state index contributed by atoms with van der Waals surface area (Å²) < 4.78 is 5.82. The first kappa shape index (κ1) is 14.0. The zero-order chi connectivity index (χ0) is 14.8. The number of hydrogen-bond donors (Lipinski definition) is 0. The maximum absolute atomic E-state index is 12.3. The maximum Gasteiger partial charge on any atom is 0.317 e. The molecule has 1 atom stereocenters. The van der Waals surface area contributed by atoms with Crippen molar-refractivity contribution in [2.75, 3.05) is 13.1 Å². The third kappa shape index (κ3) is 3.21. The van der Waals surface area contributed by atoms with Crippen LogP contribution in [0, 0.1) is 13.8 Å². The first-order chi connectivity index (χ1) is 10.1. The van der Waals surface area contributed by atoms with Crippen molar-refractivity contribution in [2.24, 2.45) is 0 Å². The monoisotopic (exact) mass is 303 g/mol. The van der Waals surface area contributed by atoms with Gasteiger partial charge in [-0.3, -0.25) is 4.79 Å². The first-order valence-electron chi connectivity index (χ1n) is 6.93. The molecule has 21 heavy (non-hydrogen) atoms. The van der Waals surface area contributed by atoms with Gasteiger partial charge in [0.15, 0.2) is 0 Å². The molecule has 2 aromatic heterocycles. The number of aromatic nitrogens is 2. The van der Waals surface area contributed by atoms with Crippen molar-refractivity contribution < 1.29 is 9.53 Å². The van der Waals surface area contributed by atoms with E-state index in [-0.39, 0.29) is 12.0 Å². The Hall–Kier alpha value is -1.95. The minimum atomic E-state index is -0.0323. The van der Waals surface area contributed by atoms with Gasteiger partial charge in [0.1, 0.15) is 6.10 Å². The number of amides is 1. The lowest BCUT2D eigenvalue weighted by Gasteiger charge is -2.16. The van der Waals surface area contributed by atoms with E-state index < -0.39 is 0 Å². The molecule has 3 heterocycles. The minimum absolute atomic E-state index is 0.0323. The Kier molecular flexibility index (Phi) is 3.88. The Balaban J connectivity index is 1.63. The Morgan fingerprint density at radius 2 is 2.14 bits per heavy atom. The molecule has 0 saturated carbocycles. The van der Waals surface area contributed by atoms with E-state index in [4.69, 9.17) is 4.74 Å². The second-order valence-electron chi connectivity index (χ2n) is 5.19. The number of likely N-dealkylation sites (tertiary alicyclic amines) is 1. The van der Waals surface area contributed by atoms with Crippen molar-refractivity contribution >= 4 is 17.2 Å². The topological polar surface area (TPSA) is 55.3 Å². The minimum Gasteiger partial charge on any atom is -0.458 e. The molecule has 1 fully saturated rings. The van der Waals surface area contributed by atoms with Gasteiger partial charge >= 0.3 is 6.01 Å². The van der Waals surface area contributed by atoms with Crippen molar-refractivity contribution in [3.63, 3.8) is 0 Å². The number of carbonyl (C=O) groups excluding carboxylic acids is 1. The third-order valence-corrected chi connectivity index (χ3v) is 4.26. The van der Waals surface area contributed by atoms with Crippen molar-refractivity contribution in [2.45, 2.75) is 26.4 Å². The van der Waals surface area contributed by atoms with Crippen molar-refractivity contribution in [1.82, 2.24) is 14.9 Å². The summed E-state index contributed by atoms with van der Waals surface area (Å²) in [6.45, 7) is 5.14. The molecule has 0 N–H and O–H groups in total. The SMILES string of the molecule is Cc1cc(C)nc(O[C@@H]2CCN(C(=O)c3cccs3)C2)n1. The number of rotatable bonds is 3. The molecular formula is C15H17N3O2S. The van der Waals surface area contributed by atoms with Gasteiger partial charge in [-0.1, -0.05) is 6.07 Å². The van der Waals surface area contributed by atoms with E-state index in [9.17, 15) is 4.79 Å². The molecule has 0 bridgehead atoms. The normalized spacial score (nSPS) is 18.0. The van der Waals surface area contributed by atoms with E-state index in [2.05, 4.69) is 9.97 Å². The average molecular weight is 303 g/mol. The van der Waals surface area contributed by atoms with Gasteiger partial charge in [-0.2, -0.15) is 0 Å². The number of hydrogen-bond acceptors (Lipinski definition) is 5. The van der Waals surface area contributed by atoms with Gasteiger partial charge in [-0.25, -0.2) is 9.97 Å². The molecule has 0 aromatic carbocycles. The standard InChI is InChI=1S/C15H17N3O2S/c1-10-8-11(2)17-15(16-10)20-12-5-6-18(9-12)14(19)13-4-3-7-21-13/h3-4,7-8,12H,5-6,9H2,1-2H3/t12-/m1/s1. The summed E-state index contributed by atoms with van der Waals surface area (Å²) in [6.07, 6.45) is 0.781. The fourth-order valence-electron chi connectivity index (χ4n) is 2.46. The summed E-state index contributed by atoms with van der Waals surface area (Å²) in [5, 5.41) is 1.92. The smallest absolute Gasteiger partial charge is 0.317 e. The van der Waals surface area contributed by atoms with Crippen molar-refractivity contribution in [3.05, 3.63) is 39.8 Å². The van der Waals surface area contributed by atoms with Gasteiger partial charge in [0, 0.05) is 24.4 Å². The number of nitrogens with zero attached hydrogens (tertiary/aromatic N) is 3. The van der Waals surface area contributed by atoms with Gasteiger partial charge in [0.2, 0.25) is 0 Å². The second-order valence-corrected chi connectivity index (χ2v) is 6.14. The van der Waals surface area contributed by atoms with Crippen LogP contribution in [0.2, 0.25) is 0 Å². The zero-order valence-electron chi connectivity index (χ0n) is 12.1. The Morgan fingerprint density at radius 3 is 2.81 bits per heavy atom. The highest BCUT2D eigenvalue weighted by atomic mass is 32.1. The molecule has 110 valence electrons. The molecule has 6 heteroatoms. The van der Waals surface area contributed by atoms with Crippen LogP contribution in [0.5, 0.6) is 6.01 Å². The van der Waals surface area contributed by atoms with Crippen LogP contribution >= 0.6 is 11.3 Å². The number of ether oxygens (including phenoxy) is 1. The predicted octanol–water partition coefficient (Wildman–Crippen LogP) is 2.45. The van der Waals surface area contributed by atoms with Crippen LogP contribution in [0.1, 0.15) is 27.5 Å². The lowest BCUT2D eigenvalue weighted by atomic mass is 10.3. The first-order valence-corrected chi connectivity index (χ1v) is 7.81. The fourth-order valence-corrected chi connectivity index (χ4v) is 3.15. The predicted molar refractivity (Wildman–Crippen MR) is 80.8 cm³/mol. The van der Waals surface area contributed by atoms with Crippen LogP contribution in [-0.4, -0.2) is 40.0 Å². The molecule has 1 amide bonds. The molecular weight excluding hydrogens is 286 g/mol. The van der Waals surface area contributed by atoms with Gasteiger partial charge in [0.25, 0.3) is 5.91 Å². The molecule has 1 aliphatic rings. The van der Waals surface area contributed by atoms with Gasteiger partial charge in [-0.15, -0.1) is 11.3 Å². The molecule has 1 aliphatic heterocycles. The lowest BCUT2D eigenvalue weighted by Crippen LogP contribution is -2.30. The van der Waals surface area contributed by atoms with Crippen LogP contribution in [0.3, 0.4) is 0 Å². The summed E-state index contributed by atoms with van der Waals surface area (Å²) in [6, 6.07) is 6.07. The van der Waals surface area contributed by atoms with E-state index in [1.807, 2.05) is 42.3 Å². The molecule has 0 spiro atoms. The van der Waals surface area contributed by atoms with Gasteiger partial charge in [0.05, 0.1) is 11.4 Å². The molecule has 2 aromatic rings. The molecule has 0 radical (unpaired) electrons. The summed E-state index contributed by atoms with van der Waals surface area (Å²) in [5.74, 6) is 0.0810. The van der Waals surface area contributed by atoms with Crippen LogP contribution in [-0.2, 0) is 0 Å². The van der Waals surface area contributed by atoms with Crippen LogP contribution in [0.4, 0.5) is 0 Å². The van der Waals surface area contributed by atoms with Gasteiger partial charge < -0.3 is 9.64 Å². The highest BCUT2D eigenvalue weighted by molar-refractivity contribution is 7.12. The summed E-state index contributed by atoms with van der Waals surface area (Å²) in [4.78, 5) is 23.4. The Labute approximate surface area is 127 Å². The van der Waals surface area contributed by atoms with Crippen LogP contribution in [0.15, 0.2) is 23.6 Å². The number of carbonyl (C=O) groups is 1. The molecule has 1 saturated heterocycles. The lowest BCUT2D eigenvalue weighted by molar-refractivity contribution is 0.0774. The highest BCUT2D eigenvalue weighted by Crippen LogP contribution is 2.20. The molecule has 3 rings (SSSR count). The van der Waals surface area contributed by atoms with Crippen LogP contribution < -0.4 is 4.74 Å². The van der Waals surface area contributed by atoms with Gasteiger partial charge in [-0.05, 0) is 31.4 Å². The van der Waals surface area contributed by atoms with E-state index in [0.29, 0.717) is 19.1 Å². The van der Waals surface area contributed by atoms with E-state index >= 15 is 0 Å². The third-order valence-electron chi connectivity index (χ3n) is 3.40. The summed E-state index contributed by atoms with van der Waals surface area (Å²) in [7, 11) is 0. The molecule has 5 nitrogen and oxygen atoms in total. The Bertz CT molecular complexity index is 622. The fraction of sp³-hybridized carbons (Fsp3) is 0.400. The van der Waals surface area contributed by atoms with E-state index in [0.717, 1.165) is 22.7 Å². The van der Waals surface area contributed by atoms with Crippen molar-refractivity contribution in [1.29, 1.82) is 0 Å². The number of thiophene rings is 1. The summed E-state index contributed by atoms with van der Waals surface area (Å²) >= 11 is 1.47.